The molecule has 1 fully saturated rings. The fourth-order valence-corrected chi connectivity index (χ4v) is 3.24. The number of ether oxygens (including phenoxy) is 1. The highest BCUT2D eigenvalue weighted by molar-refractivity contribution is 5.31. The fourth-order valence-electron chi connectivity index (χ4n) is 3.24. The highest BCUT2D eigenvalue weighted by Gasteiger charge is 2.34. The van der Waals surface area contributed by atoms with Crippen molar-refractivity contribution in [1.82, 2.24) is 4.90 Å². The molecule has 3 rings (SSSR count). The predicted molar refractivity (Wildman–Crippen MR) is 77.0 cm³/mol. The molecule has 2 unspecified atom stereocenters. The van der Waals surface area contributed by atoms with Gasteiger partial charge in [0.15, 0.2) is 0 Å². The van der Waals surface area contributed by atoms with E-state index in [0.29, 0.717) is 6.04 Å². The van der Waals surface area contributed by atoms with Gasteiger partial charge in [0.2, 0.25) is 0 Å². The van der Waals surface area contributed by atoms with Crippen molar-refractivity contribution in [2.75, 3.05) is 26.7 Å². The Hall–Kier alpha value is -0.900. The second kappa shape index (κ2) is 5.61. The van der Waals surface area contributed by atoms with Crippen LogP contribution in [0.1, 0.15) is 30.1 Å². The first-order chi connectivity index (χ1) is 9.29. The molecule has 1 saturated carbocycles. The number of nitrogens with zero attached hydrogens (tertiary/aromatic N) is 1. The summed E-state index contributed by atoms with van der Waals surface area (Å²) in [5.74, 6) is 0.814. The minimum atomic E-state index is 0.211. The minimum Gasteiger partial charge on any atom is -0.372 e. The van der Waals surface area contributed by atoms with Crippen molar-refractivity contribution in [3.05, 3.63) is 35.4 Å². The summed E-state index contributed by atoms with van der Waals surface area (Å²) in [6.45, 7) is 2.55. The van der Waals surface area contributed by atoms with Crippen LogP contribution in [0, 0.1) is 5.92 Å². The molecule has 19 heavy (non-hydrogen) atoms. The maximum Gasteiger partial charge on any atom is 0.0954 e. The third-order valence-corrected chi connectivity index (χ3v) is 4.52. The van der Waals surface area contributed by atoms with E-state index >= 15 is 0 Å². The first-order valence-electron chi connectivity index (χ1n) is 7.39. The quantitative estimate of drug-likeness (QED) is 0.879. The molecular weight excluding hydrogens is 236 g/mol. The van der Waals surface area contributed by atoms with E-state index in [1.807, 2.05) is 0 Å². The van der Waals surface area contributed by atoms with Crippen LogP contribution < -0.4 is 5.73 Å². The van der Waals surface area contributed by atoms with Crippen LogP contribution in [-0.4, -0.2) is 37.7 Å². The molecule has 1 aliphatic carbocycles. The second-order valence-electron chi connectivity index (χ2n) is 5.89. The summed E-state index contributed by atoms with van der Waals surface area (Å²) in [7, 11) is 2.19. The molecule has 1 aromatic rings. The Morgan fingerprint density at radius 2 is 2.16 bits per heavy atom. The Bertz CT molecular complexity index is 431. The van der Waals surface area contributed by atoms with E-state index in [2.05, 4.69) is 36.2 Å². The molecule has 2 N–H and O–H groups in total. The monoisotopic (exact) mass is 260 g/mol. The van der Waals surface area contributed by atoms with E-state index in [9.17, 15) is 0 Å². The molecule has 3 heteroatoms. The van der Waals surface area contributed by atoms with E-state index in [-0.39, 0.29) is 6.10 Å². The highest BCUT2D eigenvalue weighted by Crippen LogP contribution is 2.36. The molecule has 0 radical (unpaired) electrons. The average molecular weight is 260 g/mol. The summed E-state index contributed by atoms with van der Waals surface area (Å²) in [4.78, 5) is 2.41. The van der Waals surface area contributed by atoms with Gasteiger partial charge in [0.1, 0.15) is 0 Å². The second-order valence-corrected chi connectivity index (χ2v) is 5.89. The number of benzene rings is 1. The summed E-state index contributed by atoms with van der Waals surface area (Å²) in [6.07, 6.45) is 3.94. The summed E-state index contributed by atoms with van der Waals surface area (Å²) in [5, 5.41) is 0. The molecule has 3 nitrogen and oxygen atoms in total. The number of hydrogen-bond donors (Lipinski definition) is 1. The molecule has 0 amide bonds. The van der Waals surface area contributed by atoms with Crippen LogP contribution in [0.2, 0.25) is 0 Å². The van der Waals surface area contributed by atoms with Crippen LogP contribution in [0.4, 0.5) is 0 Å². The van der Waals surface area contributed by atoms with Crippen molar-refractivity contribution in [3.63, 3.8) is 0 Å². The predicted octanol–water partition coefficient (Wildman–Crippen LogP) is 1.97. The molecule has 0 spiro atoms. The standard InChI is InChI=1S/C16H24N2O/c1-18(15(10-17)13-6-7-13)11-16-14-5-3-2-4-12(14)8-9-19-16/h2-5,13,15-16H,6-11,17H2,1H3. The molecule has 1 heterocycles. The third-order valence-electron chi connectivity index (χ3n) is 4.52. The van der Waals surface area contributed by atoms with E-state index in [0.717, 1.165) is 32.0 Å². The van der Waals surface area contributed by atoms with Gasteiger partial charge in [-0.3, -0.25) is 4.90 Å². The van der Waals surface area contributed by atoms with Gasteiger partial charge in [-0.15, -0.1) is 0 Å². The van der Waals surface area contributed by atoms with Gasteiger partial charge in [0.25, 0.3) is 0 Å². The van der Waals surface area contributed by atoms with Crippen LogP contribution in [0.25, 0.3) is 0 Å². The Morgan fingerprint density at radius 1 is 1.37 bits per heavy atom. The highest BCUT2D eigenvalue weighted by atomic mass is 16.5. The van der Waals surface area contributed by atoms with Crippen molar-refractivity contribution in [2.24, 2.45) is 11.7 Å². The number of hydrogen-bond acceptors (Lipinski definition) is 3. The van der Waals surface area contributed by atoms with Crippen molar-refractivity contribution < 1.29 is 4.74 Å². The molecule has 2 aliphatic rings. The number of nitrogens with two attached hydrogens (primary N) is 1. The van der Waals surface area contributed by atoms with Crippen molar-refractivity contribution in [1.29, 1.82) is 0 Å². The fraction of sp³-hybridized carbons (Fsp3) is 0.625. The van der Waals surface area contributed by atoms with Crippen molar-refractivity contribution in [2.45, 2.75) is 31.4 Å². The van der Waals surface area contributed by atoms with Crippen LogP contribution in [0.5, 0.6) is 0 Å². The molecule has 104 valence electrons. The summed E-state index contributed by atoms with van der Waals surface area (Å²) in [5.41, 5.74) is 8.75. The zero-order valence-electron chi connectivity index (χ0n) is 11.7. The van der Waals surface area contributed by atoms with Gasteiger partial charge in [-0.05, 0) is 43.4 Å². The summed E-state index contributed by atoms with van der Waals surface area (Å²) >= 11 is 0. The van der Waals surface area contributed by atoms with E-state index in [4.69, 9.17) is 10.5 Å². The lowest BCUT2D eigenvalue weighted by atomic mass is 9.97. The zero-order valence-corrected chi connectivity index (χ0v) is 11.7. The Morgan fingerprint density at radius 3 is 2.89 bits per heavy atom. The number of fused-ring (bicyclic) bond motifs is 1. The third kappa shape index (κ3) is 2.83. The van der Waals surface area contributed by atoms with Gasteiger partial charge in [-0.25, -0.2) is 0 Å². The van der Waals surface area contributed by atoms with Gasteiger partial charge < -0.3 is 10.5 Å². The summed E-state index contributed by atoms with van der Waals surface area (Å²) < 4.78 is 5.99. The largest absolute Gasteiger partial charge is 0.372 e. The molecule has 1 aromatic carbocycles. The van der Waals surface area contributed by atoms with Gasteiger partial charge in [0, 0.05) is 19.1 Å². The number of rotatable bonds is 5. The van der Waals surface area contributed by atoms with Gasteiger partial charge in [0.05, 0.1) is 12.7 Å². The summed E-state index contributed by atoms with van der Waals surface area (Å²) in [6, 6.07) is 9.20. The normalized spacial score (nSPS) is 24.3. The molecule has 0 aromatic heterocycles. The van der Waals surface area contributed by atoms with E-state index < -0.39 is 0 Å². The van der Waals surface area contributed by atoms with Gasteiger partial charge in [-0.1, -0.05) is 24.3 Å². The topological polar surface area (TPSA) is 38.5 Å². The zero-order chi connectivity index (χ0) is 13.2. The Kier molecular flexibility index (Phi) is 3.87. The molecule has 1 aliphatic heterocycles. The first kappa shape index (κ1) is 13.1. The Balaban J connectivity index is 1.70. The maximum absolute atomic E-state index is 5.99. The van der Waals surface area contributed by atoms with Gasteiger partial charge in [-0.2, -0.15) is 0 Å². The molecular formula is C16H24N2O. The first-order valence-corrected chi connectivity index (χ1v) is 7.39. The van der Waals surface area contributed by atoms with Crippen molar-refractivity contribution in [3.8, 4) is 0 Å². The Labute approximate surface area is 115 Å². The molecule has 0 bridgehead atoms. The minimum absolute atomic E-state index is 0.211. The lowest BCUT2D eigenvalue weighted by Gasteiger charge is -2.33. The van der Waals surface area contributed by atoms with Gasteiger partial charge >= 0.3 is 0 Å². The number of likely N-dealkylation sites (N-methyl/N-ethyl adjacent to an activating group) is 1. The maximum atomic E-state index is 5.99. The van der Waals surface area contributed by atoms with Crippen molar-refractivity contribution >= 4 is 0 Å². The van der Waals surface area contributed by atoms with E-state index in [1.165, 1.54) is 24.0 Å². The van der Waals surface area contributed by atoms with Crippen LogP contribution >= 0.6 is 0 Å². The smallest absolute Gasteiger partial charge is 0.0954 e. The average Bonchev–Trinajstić information content (AvgIpc) is 3.25. The van der Waals surface area contributed by atoms with Crippen LogP contribution in [-0.2, 0) is 11.2 Å². The molecule has 0 saturated heterocycles. The lowest BCUT2D eigenvalue weighted by molar-refractivity contribution is 0.0115. The van der Waals surface area contributed by atoms with Crippen LogP contribution in [0.3, 0.4) is 0 Å². The lowest BCUT2D eigenvalue weighted by Crippen LogP contribution is -2.42. The molecule has 2 atom stereocenters. The SMILES string of the molecule is CN(CC1OCCc2ccccc21)C(CN)C1CC1. The van der Waals surface area contributed by atoms with E-state index in [1.54, 1.807) is 0 Å². The van der Waals surface area contributed by atoms with Crippen LogP contribution in [0.15, 0.2) is 24.3 Å².